The molecule has 0 aromatic rings. The van der Waals surface area contributed by atoms with Crippen LogP contribution in [0.1, 0.15) is 73.1 Å². The molecule has 1 saturated carbocycles. The topological polar surface area (TPSA) is 29.1 Å². The second kappa shape index (κ2) is 7.68. The summed E-state index contributed by atoms with van der Waals surface area (Å²) in [7, 11) is 0. The zero-order chi connectivity index (χ0) is 17.0. The van der Waals surface area contributed by atoms with Gasteiger partial charge >= 0.3 is 0 Å². The van der Waals surface area contributed by atoms with Gasteiger partial charge in [0.15, 0.2) is 0 Å². The van der Waals surface area contributed by atoms with Gasteiger partial charge in [-0.05, 0) is 89.9 Å². The van der Waals surface area contributed by atoms with Crippen LogP contribution in [0.5, 0.6) is 0 Å². The molecule has 0 aromatic heterocycles. The van der Waals surface area contributed by atoms with Crippen LogP contribution in [-0.2, 0) is 4.79 Å². The highest BCUT2D eigenvalue weighted by atomic mass is 16.1. The Bertz CT molecular complexity index is 474. The average molecular weight is 318 g/mol. The molecule has 5 atom stereocenters. The highest BCUT2D eigenvalue weighted by Crippen LogP contribution is 2.50. The van der Waals surface area contributed by atoms with Crippen molar-refractivity contribution in [3.63, 3.8) is 0 Å². The second-order valence-electron chi connectivity index (χ2n) is 8.45. The first-order valence-corrected chi connectivity index (χ1v) is 9.39. The standard InChI is InChI=1S/C21H35NO/c1-15(2)7-6-8-17(4)18-11-12-21(5,22-14-23)20-10-9-16(3)13-19(18)20/h7,13-14,17-20H,6,8-12H2,1-5H3,(H,22,23)/t17-,18-,19-,20-,21+/m1/s1. The van der Waals surface area contributed by atoms with E-state index in [9.17, 15) is 4.79 Å². The highest BCUT2D eigenvalue weighted by molar-refractivity contribution is 5.48. The number of carbonyl (C=O) groups excluding carboxylic acids is 1. The fourth-order valence-corrected chi connectivity index (χ4v) is 4.94. The summed E-state index contributed by atoms with van der Waals surface area (Å²) in [6.45, 7) is 11.3. The number of hydrogen-bond acceptors (Lipinski definition) is 1. The second-order valence-corrected chi connectivity index (χ2v) is 8.45. The van der Waals surface area contributed by atoms with E-state index in [1.165, 1.54) is 37.7 Å². The van der Waals surface area contributed by atoms with Crippen LogP contribution < -0.4 is 5.32 Å². The molecule has 0 unspecified atom stereocenters. The van der Waals surface area contributed by atoms with Crippen molar-refractivity contribution >= 4 is 6.41 Å². The van der Waals surface area contributed by atoms with Crippen molar-refractivity contribution in [2.75, 3.05) is 0 Å². The van der Waals surface area contributed by atoms with E-state index in [4.69, 9.17) is 0 Å². The Balaban J connectivity index is 2.14. The maximum atomic E-state index is 11.1. The van der Waals surface area contributed by atoms with Crippen LogP contribution in [0.3, 0.4) is 0 Å². The van der Waals surface area contributed by atoms with Crippen molar-refractivity contribution in [2.45, 2.75) is 78.7 Å². The Hall–Kier alpha value is -1.05. The van der Waals surface area contributed by atoms with Gasteiger partial charge in [-0.3, -0.25) is 4.79 Å². The van der Waals surface area contributed by atoms with Crippen LogP contribution >= 0.6 is 0 Å². The number of rotatable bonds is 6. The third kappa shape index (κ3) is 4.28. The van der Waals surface area contributed by atoms with E-state index in [1.54, 1.807) is 5.57 Å². The summed E-state index contributed by atoms with van der Waals surface area (Å²) in [6, 6.07) is 0. The predicted molar refractivity (Wildman–Crippen MR) is 98.1 cm³/mol. The Morgan fingerprint density at radius 2 is 2.17 bits per heavy atom. The number of amides is 1. The summed E-state index contributed by atoms with van der Waals surface area (Å²) in [5, 5.41) is 3.17. The van der Waals surface area contributed by atoms with Gasteiger partial charge in [-0.1, -0.05) is 30.2 Å². The molecule has 0 saturated heterocycles. The number of fused-ring (bicyclic) bond motifs is 1. The summed E-state index contributed by atoms with van der Waals surface area (Å²) in [6.07, 6.45) is 13.1. The minimum Gasteiger partial charge on any atom is -0.353 e. The van der Waals surface area contributed by atoms with E-state index in [-0.39, 0.29) is 5.54 Å². The Morgan fingerprint density at radius 1 is 1.43 bits per heavy atom. The van der Waals surface area contributed by atoms with Gasteiger partial charge in [0.05, 0.1) is 0 Å². The summed E-state index contributed by atoms with van der Waals surface area (Å²) < 4.78 is 0. The Kier molecular flexibility index (Phi) is 6.11. The SMILES string of the molecule is CC(C)=CCC[C@@H](C)[C@H]1CC[C@](C)(NC=O)[C@@H]2CCC(C)=C[C@H]12. The minimum atomic E-state index is -0.0141. The lowest BCUT2D eigenvalue weighted by Gasteiger charge is -2.52. The van der Waals surface area contributed by atoms with Crippen LogP contribution in [-0.4, -0.2) is 11.9 Å². The summed E-state index contributed by atoms with van der Waals surface area (Å²) in [4.78, 5) is 11.1. The quantitative estimate of drug-likeness (QED) is 0.525. The molecular formula is C21H35NO. The molecule has 1 amide bonds. The van der Waals surface area contributed by atoms with Gasteiger partial charge in [0.25, 0.3) is 0 Å². The van der Waals surface area contributed by atoms with Gasteiger partial charge in [-0.2, -0.15) is 0 Å². The van der Waals surface area contributed by atoms with E-state index < -0.39 is 0 Å². The summed E-state index contributed by atoms with van der Waals surface area (Å²) in [5.74, 6) is 2.75. The number of carbonyl (C=O) groups is 1. The van der Waals surface area contributed by atoms with Crippen LogP contribution in [0, 0.1) is 23.7 Å². The van der Waals surface area contributed by atoms with Crippen LogP contribution in [0.4, 0.5) is 0 Å². The van der Waals surface area contributed by atoms with E-state index >= 15 is 0 Å². The molecule has 2 rings (SSSR count). The molecule has 2 aliphatic rings. The van der Waals surface area contributed by atoms with Gasteiger partial charge in [-0.25, -0.2) is 0 Å². The molecule has 0 aliphatic heterocycles. The third-order valence-corrected chi connectivity index (χ3v) is 6.40. The average Bonchev–Trinajstić information content (AvgIpc) is 2.47. The van der Waals surface area contributed by atoms with Crippen molar-refractivity contribution in [1.29, 1.82) is 0 Å². The van der Waals surface area contributed by atoms with Crippen molar-refractivity contribution in [3.05, 3.63) is 23.3 Å². The first-order chi connectivity index (χ1) is 10.9. The van der Waals surface area contributed by atoms with Gasteiger partial charge in [0.1, 0.15) is 0 Å². The smallest absolute Gasteiger partial charge is 0.207 e. The molecule has 130 valence electrons. The molecule has 0 spiro atoms. The first-order valence-electron chi connectivity index (χ1n) is 9.39. The van der Waals surface area contributed by atoms with E-state index in [1.807, 2.05) is 0 Å². The molecule has 1 fully saturated rings. The van der Waals surface area contributed by atoms with Crippen molar-refractivity contribution in [3.8, 4) is 0 Å². The molecule has 0 bridgehead atoms. The van der Waals surface area contributed by atoms with Crippen LogP contribution in [0.15, 0.2) is 23.3 Å². The molecule has 0 aromatic carbocycles. The lowest BCUT2D eigenvalue weighted by Crippen LogP contribution is -2.56. The molecule has 2 aliphatic carbocycles. The number of nitrogens with one attached hydrogen (secondary N) is 1. The molecule has 1 N–H and O–H groups in total. The largest absolute Gasteiger partial charge is 0.353 e. The third-order valence-electron chi connectivity index (χ3n) is 6.40. The lowest BCUT2D eigenvalue weighted by atomic mass is 9.56. The summed E-state index contributed by atoms with van der Waals surface area (Å²) in [5.41, 5.74) is 2.96. The van der Waals surface area contributed by atoms with Crippen LogP contribution in [0.2, 0.25) is 0 Å². The molecule has 0 heterocycles. The summed E-state index contributed by atoms with van der Waals surface area (Å²) >= 11 is 0. The molecule has 0 radical (unpaired) electrons. The monoisotopic (exact) mass is 317 g/mol. The van der Waals surface area contributed by atoms with E-state index in [0.717, 1.165) is 24.7 Å². The maximum absolute atomic E-state index is 11.1. The molecule has 2 heteroatoms. The van der Waals surface area contributed by atoms with E-state index in [2.05, 4.69) is 52.1 Å². The van der Waals surface area contributed by atoms with Gasteiger partial charge in [0.2, 0.25) is 6.41 Å². The zero-order valence-corrected chi connectivity index (χ0v) is 15.7. The fourth-order valence-electron chi connectivity index (χ4n) is 4.94. The molecule has 23 heavy (non-hydrogen) atoms. The molecule has 2 nitrogen and oxygen atoms in total. The number of allylic oxidation sites excluding steroid dienone is 4. The fraction of sp³-hybridized carbons (Fsp3) is 0.762. The maximum Gasteiger partial charge on any atom is 0.207 e. The van der Waals surface area contributed by atoms with Crippen LogP contribution in [0.25, 0.3) is 0 Å². The highest BCUT2D eigenvalue weighted by Gasteiger charge is 2.47. The van der Waals surface area contributed by atoms with Gasteiger partial charge in [-0.15, -0.1) is 0 Å². The number of hydrogen-bond donors (Lipinski definition) is 1. The zero-order valence-electron chi connectivity index (χ0n) is 15.7. The Labute approximate surface area is 142 Å². The Morgan fingerprint density at radius 3 is 2.83 bits per heavy atom. The molecular weight excluding hydrogens is 282 g/mol. The predicted octanol–water partition coefficient (Wildman–Crippen LogP) is 5.26. The first kappa shape index (κ1) is 18.3. The minimum absolute atomic E-state index is 0.0141. The normalized spacial score (nSPS) is 34.8. The van der Waals surface area contributed by atoms with Crippen molar-refractivity contribution < 1.29 is 4.79 Å². The van der Waals surface area contributed by atoms with Crippen molar-refractivity contribution in [2.24, 2.45) is 23.7 Å². The van der Waals surface area contributed by atoms with Crippen molar-refractivity contribution in [1.82, 2.24) is 5.32 Å². The van der Waals surface area contributed by atoms with Gasteiger partial charge < -0.3 is 5.32 Å². The van der Waals surface area contributed by atoms with E-state index in [0.29, 0.717) is 11.8 Å². The van der Waals surface area contributed by atoms with Gasteiger partial charge in [0, 0.05) is 5.54 Å². The lowest BCUT2D eigenvalue weighted by molar-refractivity contribution is -0.113.